The van der Waals surface area contributed by atoms with E-state index in [0.717, 1.165) is 0 Å². The van der Waals surface area contributed by atoms with Crippen molar-refractivity contribution in [2.75, 3.05) is 25.7 Å². The van der Waals surface area contributed by atoms with Crippen LogP contribution in [0, 0.1) is 18.7 Å². The topological polar surface area (TPSA) is 99.2 Å². The summed E-state index contributed by atoms with van der Waals surface area (Å²) >= 11 is 0. The van der Waals surface area contributed by atoms with Gasteiger partial charge in [-0.25, -0.2) is 14.0 Å². The van der Waals surface area contributed by atoms with Crippen molar-refractivity contribution in [3.05, 3.63) is 58.9 Å². The van der Waals surface area contributed by atoms with E-state index in [9.17, 15) is 23.6 Å². The third kappa shape index (κ3) is 4.71. The maximum absolute atomic E-state index is 14.3. The van der Waals surface area contributed by atoms with Gasteiger partial charge in [0.1, 0.15) is 11.6 Å². The molecule has 9 heteroatoms. The highest BCUT2D eigenvalue weighted by Gasteiger charge is 2.37. The molecule has 0 bridgehead atoms. The van der Waals surface area contributed by atoms with E-state index in [1.165, 1.54) is 49.5 Å². The molecule has 3 rings (SSSR count). The molecule has 0 radical (unpaired) electrons. The molecule has 0 saturated carbocycles. The fraction of sp³-hybridized carbons (Fsp3) is 0.273. The van der Waals surface area contributed by atoms with Crippen LogP contribution in [-0.4, -0.2) is 44.6 Å². The lowest BCUT2D eigenvalue weighted by atomic mass is 10.1. The molecule has 1 aliphatic rings. The molecular formula is C22H20FNO7. The highest BCUT2D eigenvalue weighted by Crippen LogP contribution is 2.29. The van der Waals surface area contributed by atoms with Crippen LogP contribution in [-0.2, 0) is 19.1 Å². The quantitative estimate of drug-likeness (QED) is 0.532. The van der Waals surface area contributed by atoms with E-state index >= 15 is 0 Å². The molecule has 1 atom stereocenters. The van der Waals surface area contributed by atoms with Crippen molar-refractivity contribution in [3.8, 4) is 5.75 Å². The van der Waals surface area contributed by atoms with Gasteiger partial charge in [0.2, 0.25) is 5.91 Å². The van der Waals surface area contributed by atoms with Gasteiger partial charge in [-0.15, -0.1) is 0 Å². The Morgan fingerprint density at radius 3 is 2.16 bits per heavy atom. The number of halogens is 1. The molecule has 2 aromatic rings. The normalized spacial score (nSPS) is 15.5. The minimum Gasteiger partial charge on any atom is -0.465 e. The second kappa shape index (κ2) is 8.95. The number of amides is 1. The first-order chi connectivity index (χ1) is 14.7. The second-order valence-electron chi connectivity index (χ2n) is 7.01. The average molecular weight is 429 g/mol. The van der Waals surface area contributed by atoms with E-state index in [2.05, 4.69) is 9.47 Å². The molecule has 0 aliphatic carbocycles. The number of rotatable bonds is 5. The highest BCUT2D eigenvalue weighted by atomic mass is 19.1. The van der Waals surface area contributed by atoms with Crippen LogP contribution >= 0.6 is 0 Å². The Labute approximate surface area is 177 Å². The number of esters is 3. The monoisotopic (exact) mass is 429 g/mol. The summed E-state index contributed by atoms with van der Waals surface area (Å²) in [4.78, 5) is 50.0. The van der Waals surface area contributed by atoms with Crippen LogP contribution in [0.25, 0.3) is 0 Å². The van der Waals surface area contributed by atoms with Gasteiger partial charge in [0, 0.05) is 13.0 Å². The molecule has 1 fully saturated rings. The number of carbonyl (C=O) groups excluding carboxylic acids is 4. The molecule has 162 valence electrons. The third-order valence-electron chi connectivity index (χ3n) is 4.82. The van der Waals surface area contributed by atoms with Crippen LogP contribution in [0.3, 0.4) is 0 Å². The van der Waals surface area contributed by atoms with Crippen LogP contribution in [0.5, 0.6) is 5.75 Å². The Kier molecular flexibility index (Phi) is 6.33. The van der Waals surface area contributed by atoms with E-state index in [1.54, 1.807) is 13.0 Å². The van der Waals surface area contributed by atoms with Crippen LogP contribution in [0.1, 0.15) is 32.7 Å². The first-order valence-corrected chi connectivity index (χ1v) is 9.33. The standard InChI is InChI=1S/C22H20FNO7/c1-12-4-5-18(17(23)6-12)24-11-15(10-19(24)25)22(28)31-16-8-13(20(26)29-2)7-14(9-16)21(27)30-3/h4-9,15H,10-11H2,1-3H3. The molecule has 1 saturated heterocycles. The van der Waals surface area contributed by atoms with Crippen molar-refractivity contribution in [3.63, 3.8) is 0 Å². The van der Waals surface area contributed by atoms with Gasteiger partial charge >= 0.3 is 17.9 Å². The third-order valence-corrected chi connectivity index (χ3v) is 4.82. The molecule has 0 N–H and O–H groups in total. The molecule has 0 spiro atoms. The average Bonchev–Trinajstić information content (AvgIpc) is 3.13. The lowest BCUT2D eigenvalue weighted by Gasteiger charge is -2.17. The predicted octanol–water partition coefficient (Wildman–Crippen LogP) is 2.67. The summed E-state index contributed by atoms with van der Waals surface area (Å²) in [6.45, 7) is 1.67. The number of carbonyl (C=O) groups is 4. The Hall–Kier alpha value is -3.75. The molecule has 2 aromatic carbocycles. The molecule has 0 aromatic heterocycles. The molecule has 1 amide bonds. The maximum atomic E-state index is 14.3. The van der Waals surface area contributed by atoms with Gasteiger partial charge in [-0.2, -0.15) is 0 Å². The minimum absolute atomic E-state index is 0.0148. The summed E-state index contributed by atoms with van der Waals surface area (Å²) in [5, 5.41) is 0. The summed E-state index contributed by atoms with van der Waals surface area (Å²) in [5.41, 5.74) is 0.764. The Balaban J connectivity index is 1.80. The van der Waals surface area contributed by atoms with Crippen LogP contribution in [0.2, 0.25) is 0 Å². The van der Waals surface area contributed by atoms with E-state index in [0.29, 0.717) is 5.56 Å². The van der Waals surface area contributed by atoms with Crippen molar-refractivity contribution in [2.24, 2.45) is 5.92 Å². The van der Waals surface area contributed by atoms with E-state index in [1.807, 2.05) is 0 Å². The molecule has 1 heterocycles. The number of hydrogen-bond donors (Lipinski definition) is 0. The number of methoxy groups -OCH3 is 2. The number of anilines is 1. The lowest BCUT2D eigenvalue weighted by molar-refractivity contribution is -0.139. The molecule has 8 nitrogen and oxygen atoms in total. The largest absolute Gasteiger partial charge is 0.465 e. The van der Waals surface area contributed by atoms with Crippen molar-refractivity contribution in [2.45, 2.75) is 13.3 Å². The van der Waals surface area contributed by atoms with Gasteiger partial charge in [0.15, 0.2) is 0 Å². The van der Waals surface area contributed by atoms with E-state index < -0.39 is 35.6 Å². The molecular weight excluding hydrogens is 409 g/mol. The summed E-state index contributed by atoms with van der Waals surface area (Å²) in [6, 6.07) is 8.19. The summed E-state index contributed by atoms with van der Waals surface area (Å²) < 4.78 is 28.9. The van der Waals surface area contributed by atoms with Gasteiger partial charge in [-0.1, -0.05) is 6.07 Å². The van der Waals surface area contributed by atoms with Crippen LogP contribution < -0.4 is 9.64 Å². The molecule has 1 unspecified atom stereocenters. The fourth-order valence-corrected chi connectivity index (χ4v) is 3.26. The van der Waals surface area contributed by atoms with Crippen LogP contribution in [0.15, 0.2) is 36.4 Å². The first kappa shape index (κ1) is 21.9. The second-order valence-corrected chi connectivity index (χ2v) is 7.01. The van der Waals surface area contributed by atoms with E-state index in [4.69, 9.17) is 4.74 Å². The zero-order valence-electron chi connectivity index (χ0n) is 17.1. The zero-order chi connectivity index (χ0) is 22.7. The first-order valence-electron chi connectivity index (χ1n) is 9.33. The number of benzene rings is 2. The minimum atomic E-state index is -0.850. The molecule has 31 heavy (non-hydrogen) atoms. The maximum Gasteiger partial charge on any atom is 0.338 e. The number of aryl methyl sites for hydroxylation is 1. The SMILES string of the molecule is COC(=O)c1cc(OC(=O)C2CC(=O)N(c3ccc(C)cc3F)C2)cc(C(=O)OC)c1. The van der Waals surface area contributed by atoms with Gasteiger partial charge in [0.05, 0.1) is 37.0 Å². The van der Waals surface area contributed by atoms with Crippen LogP contribution in [0.4, 0.5) is 10.1 Å². The van der Waals surface area contributed by atoms with Crippen molar-refractivity contribution in [1.82, 2.24) is 0 Å². The Morgan fingerprint density at radius 2 is 1.61 bits per heavy atom. The number of ether oxygens (including phenoxy) is 3. The lowest BCUT2D eigenvalue weighted by Crippen LogP contribution is -2.28. The highest BCUT2D eigenvalue weighted by molar-refractivity contribution is 6.00. The van der Waals surface area contributed by atoms with Gasteiger partial charge < -0.3 is 19.1 Å². The van der Waals surface area contributed by atoms with Gasteiger partial charge in [-0.3, -0.25) is 9.59 Å². The summed E-state index contributed by atoms with van der Waals surface area (Å²) in [5.74, 6) is -4.13. The summed E-state index contributed by atoms with van der Waals surface area (Å²) in [6.07, 6.45) is -0.160. The summed E-state index contributed by atoms with van der Waals surface area (Å²) in [7, 11) is 2.34. The Morgan fingerprint density at radius 1 is 1.00 bits per heavy atom. The van der Waals surface area contributed by atoms with Crippen molar-refractivity contribution < 1.29 is 37.8 Å². The zero-order valence-corrected chi connectivity index (χ0v) is 17.1. The fourth-order valence-electron chi connectivity index (χ4n) is 3.26. The van der Waals surface area contributed by atoms with Gasteiger partial charge in [0.25, 0.3) is 0 Å². The predicted molar refractivity (Wildman–Crippen MR) is 106 cm³/mol. The number of nitrogens with zero attached hydrogens (tertiary/aromatic N) is 1. The smallest absolute Gasteiger partial charge is 0.338 e. The Bertz CT molecular complexity index is 1030. The number of hydrogen-bond acceptors (Lipinski definition) is 7. The van der Waals surface area contributed by atoms with Gasteiger partial charge in [-0.05, 0) is 42.8 Å². The van der Waals surface area contributed by atoms with E-state index in [-0.39, 0.29) is 35.5 Å². The van der Waals surface area contributed by atoms with Crippen molar-refractivity contribution >= 4 is 29.5 Å². The van der Waals surface area contributed by atoms with Crippen molar-refractivity contribution in [1.29, 1.82) is 0 Å². The molecule has 1 aliphatic heterocycles.